The van der Waals surface area contributed by atoms with Crippen molar-refractivity contribution < 1.29 is 9.94 Å². The van der Waals surface area contributed by atoms with Crippen molar-refractivity contribution in [3.8, 4) is 5.75 Å². The van der Waals surface area contributed by atoms with Crippen LogP contribution in [0.1, 0.15) is 31.7 Å². The highest BCUT2D eigenvalue weighted by Crippen LogP contribution is 2.25. The van der Waals surface area contributed by atoms with E-state index in [2.05, 4.69) is 19.0 Å². The molecule has 0 heterocycles. The molecule has 1 aromatic carbocycles. The van der Waals surface area contributed by atoms with Crippen molar-refractivity contribution in [3.63, 3.8) is 0 Å². The predicted octanol–water partition coefficient (Wildman–Crippen LogP) is 2.33. The molecule has 0 bridgehead atoms. The van der Waals surface area contributed by atoms with Gasteiger partial charge in [-0.3, -0.25) is 0 Å². The van der Waals surface area contributed by atoms with Crippen LogP contribution in [0.25, 0.3) is 0 Å². The number of nitrogens with zero attached hydrogens (tertiary/aromatic N) is 1. The van der Waals surface area contributed by atoms with E-state index in [1.54, 1.807) is 0 Å². The van der Waals surface area contributed by atoms with Crippen molar-refractivity contribution in [1.82, 2.24) is 0 Å². The number of rotatable bonds is 5. The first-order valence-electron chi connectivity index (χ1n) is 5.33. The summed E-state index contributed by atoms with van der Waals surface area (Å²) in [6.07, 6.45) is 0.420. The Morgan fingerprint density at radius 2 is 2.12 bits per heavy atom. The Morgan fingerprint density at radius 3 is 2.75 bits per heavy atom. The maximum Gasteiger partial charge on any atom is 0.142 e. The number of amidine groups is 1. The van der Waals surface area contributed by atoms with Crippen molar-refractivity contribution in [1.29, 1.82) is 0 Å². The lowest BCUT2D eigenvalue weighted by Crippen LogP contribution is -2.15. The second-order valence-electron chi connectivity index (χ2n) is 3.88. The fourth-order valence-electron chi connectivity index (χ4n) is 1.40. The molecule has 0 amide bonds. The van der Waals surface area contributed by atoms with E-state index in [1.807, 2.05) is 24.3 Å². The highest BCUT2D eigenvalue weighted by atomic mass is 16.5. The third-order valence-electron chi connectivity index (χ3n) is 2.29. The second-order valence-corrected chi connectivity index (χ2v) is 3.88. The molecule has 4 heteroatoms. The lowest BCUT2D eigenvalue weighted by molar-refractivity contribution is 0.304. The highest BCUT2D eigenvalue weighted by molar-refractivity contribution is 5.79. The molecule has 0 fully saturated rings. The van der Waals surface area contributed by atoms with Gasteiger partial charge in [0.15, 0.2) is 0 Å². The van der Waals surface area contributed by atoms with E-state index in [1.165, 1.54) is 5.56 Å². The van der Waals surface area contributed by atoms with E-state index < -0.39 is 0 Å². The normalized spacial score (nSPS) is 11.8. The maximum atomic E-state index is 8.38. The Kier molecular flexibility index (Phi) is 4.64. The van der Waals surface area contributed by atoms with Gasteiger partial charge in [-0.2, -0.15) is 0 Å². The number of benzene rings is 1. The van der Waals surface area contributed by atoms with Gasteiger partial charge in [-0.15, -0.1) is 0 Å². The summed E-state index contributed by atoms with van der Waals surface area (Å²) in [6, 6.07) is 7.90. The molecule has 1 aromatic rings. The van der Waals surface area contributed by atoms with Gasteiger partial charge >= 0.3 is 0 Å². The quantitative estimate of drug-likeness (QED) is 0.348. The van der Waals surface area contributed by atoms with Gasteiger partial charge in [-0.05, 0) is 17.5 Å². The SMILES string of the molecule is CC(C)c1ccccc1OCC/C(N)=N/O. The van der Waals surface area contributed by atoms with E-state index in [4.69, 9.17) is 15.7 Å². The number of oxime groups is 1. The molecule has 3 N–H and O–H groups in total. The van der Waals surface area contributed by atoms with Crippen LogP contribution in [0.3, 0.4) is 0 Å². The number of nitrogens with two attached hydrogens (primary N) is 1. The van der Waals surface area contributed by atoms with Gasteiger partial charge in [0.25, 0.3) is 0 Å². The molecule has 1 rings (SSSR count). The molecule has 0 radical (unpaired) electrons. The van der Waals surface area contributed by atoms with Gasteiger partial charge in [0.1, 0.15) is 11.6 Å². The fourth-order valence-corrected chi connectivity index (χ4v) is 1.40. The summed E-state index contributed by atoms with van der Waals surface area (Å²) in [5, 5.41) is 11.3. The lowest BCUT2D eigenvalue weighted by Gasteiger charge is -2.13. The minimum absolute atomic E-state index is 0.182. The Labute approximate surface area is 95.7 Å². The first-order chi connectivity index (χ1) is 7.65. The van der Waals surface area contributed by atoms with Crippen molar-refractivity contribution in [2.75, 3.05) is 6.61 Å². The van der Waals surface area contributed by atoms with Gasteiger partial charge in [0.2, 0.25) is 0 Å². The molecular formula is C12H18N2O2. The van der Waals surface area contributed by atoms with Crippen molar-refractivity contribution >= 4 is 5.84 Å². The predicted molar refractivity (Wildman–Crippen MR) is 64.1 cm³/mol. The Morgan fingerprint density at radius 1 is 1.44 bits per heavy atom. The molecule has 0 aliphatic heterocycles. The van der Waals surface area contributed by atoms with Crippen LogP contribution in [0.4, 0.5) is 0 Å². The Bertz CT molecular complexity index is 362. The zero-order valence-corrected chi connectivity index (χ0v) is 9.68. The van der Waals surface area contributed by atoms with Crippen LogP contribution >= 0.6 is 0 Å². The molecule has 0 aliphatic carbocycles. The van der Waals surface area contributed by atoms with Crippen LogP contribution in [0.2, 0.25) is 0 Å². The lowest BCUT2D eigenvalue weighted by atomic mass is 10.0. The average Bonchev–Trinajstić information content (AvgIpc) is 2.29. The van der Waals surface area contributed by atoms with E-state index in [0.717, 1.165) is 5.75 Å². The monoisotopic (exact) mass is 222 g/mol. The zero-order valence-electron chi connectivity index (χ0n) is 9.68. The summed E-state index contributed by atoms with van der Waals surface area (Å²) in [5.74, 6) is 1.46. The molecule has 16 heavy (non-hydrogen) atoms. The smallest absolute Gasteiger partial charge is 0.142 e. The molecule has 0 atom stereocenters. The van der Waals surface area contributed by atoms with Crippen LogP contribution < -0.4 is 10.5 Å². The largest absolute Gasteiger partial charge is 0.493 e. The second kappa shape index (κ2) is 6.00. The highest BCUT2D eigenvalue weighted by Gasteiger charge is 2.06. The number of ether oxygens (including phenoxy) is 1. The third kappa shape index (κ3) is 3.46. The van der Waals surface area contributed by atoms with E-state index >= 15 is 0 Å². The van der Waals surface area contributed by atoms with Gasteiger partial charge in [-0.25, -0.2) is 0 Å². The van der Waals surface area contributed by atoms with Gasteiger partial charge in [0.05, 0.1) is 6.61 Å². The molecule has 88 valence electrons. The van der Waals surface area contributed by atoms with Crippen LogP contribution in [0, 0.1) is 0 Å². The number of hydrogen-bond donors (Lipinski definition) is 2. The summed E-state index contributed by atoms with van der Waals surface area (Å²) < 4.78 is 5.60. The minimum Gasteiger partial charge on any atom is -0.493 e. The summed E-state index contributed by atoms with van der Waals surface area (Å²) >= 11 is 0. The summed E-state index contributed by atoms with van der Waals surface area (Å²) in [5.41, 5.74) is 6.52. The van der Waals surface area contributed by atoms with Crippen molar-refractivity contribution in [3.05, 3.63) is 29.8 Å². The first-order valence-corrected chi connectivity index (χ1v) is 5.33. The van der Waals surface area contributed by atoms with Crippen LogP contribution in [-0.2, 0) is 0 Å². The summed E-state index contributed by atoms with van der Waals surface area (Å²) in [4.78, 5) is 0. The van der Waals surface area contributed by atoms with Gasteiger partial charge < -0.3 is 15.7 Å². The molecule has 4 nitrogen and oxygen atoms in total. The maximum absolute atomic E-state index is 8.38. The zero-order chi connectivity index (χ0) is 12.0. The molecule has 0 spiro atoms. The topological polar surface area (TPSA) is 67.8 Å². The molecule has 0 saturated heterocycles. The van der Waals surface area contributed by atoms with E-state index in [-0.39, 0.29) is 5.84 Å². The molecule has 0 saturated carbocycles. The fraction of sp³-hybridized carbons (Fsp3) is 0.417. The average molecular weight is 222 g/mol. The third-order valence-corrected chi connectivity index (χ3v) is 2.29. The molecular weight excluding hydrogens is 204 g/mol. The van der Waals surface area contributed by atoms with Crippen LogP contribution in [0.15, 0.2) is 29.4 Å². The minimum atomic E-state index is 0.182. The van der Waals surface area contributed by atoms with Crippen LogP contribution in [-0.4, -0.2) is 17.6 Å². The molecule has 0 unspecified atom stereocenters. The van der Waals surface area contributed by atoms with Gasteiger partial charge in [-0.1, -0.05) is 37.2 Å². The standard InChI is InChI=1S/C12H18N2O2/c1-9(2)10-5-3-4-6-11(10)16-8-7-12(13)14-15/h3-6,9,15H,7-8H2,1-2H3,(H2,13,14). The number of para-hydroxylation sites is 1. The number of hydrogen-bond acceptors (Lipinski definition) is 3. The van der Waals surface area contributed by atoms with Gasteiger partial charge in [0, 0.05) is 6.42 Å². The van der Waals surface area contributed by atoms with Crippen molar-refractivity contribution in [2.45, 2.75) is 26.2 Å². The van der Waals surface area contributed by atoms with E-state index in [0.29, 0.717) is 18.9 Å². The Balaban J connectivity index is 2.60. The first kappa shape index (κ1) is 12.4. The Hall–Kier alpha value is -1.71. The molecule has 0 aliphatic rings. The summed E-state index contributed by atoms with van der Waals surface area (Å²) in [6.45, 7) is 4.65. The molecule has 0 aromatic heterocycles. The van der Waals surface area contributed by atoms with Crippen LogP contribution in [0.5, 0.6) is 5.75 Å². The summed E-state index contributed by atoms with van der Waals surface area (Å²) in [7, 11) is 0. The van der Waals surface area contributed by atoms with E-state index in [9.17, 15) is 0 Å². The van der Waals surface area contributed by atoms with Crippen molar-refractivity contribution in [2.24, 2.45) is 10.9 Å².